The summed E-state index contributed by atoms with van der Waals surface area (Å²) in [6.45, 7) is 7.41. The lowest BCUT2D eigenvalue weighted by Gasteiger charge is -2.30. The predicted octanol–water partition coefficient (Wildman–Crippen LogP) is 3.59. The Balaban J connectivity index is 1.24. The Hall–Kier alpha value is -3.37. The first-order valence-corrected chi connectivity index (χ1v) is 11.3. The summed E-state index contributed by atoms with van der Waals surface area (Å²) in [4.78, 5) is 20.9. The van der Waals surface area contributed by atoms with Crippen LogP contribution in [0.1, 0.15) is 12.8 Å². The van der Waals surface area contributed by atoms with Crippen LogP contribution >= 0.6 is 0 Å². The molecule has 10 nitrogen and oxygen atoms in total. The van der Waals surface area contributed by atoms with E-state index in [2.05, 4.69) is 21.9 Å². The molecule has 0 aliphatic carbocycles. The van der Waals surface area contributed by atoms with Crippen molar-refractivity contribution in [3.05, 3.63) is 49.3 Å². The number of benzene rings is 1. The van der Waals surface area contributed by atoms with E-state index in [1.165, 1.54) is 4.90 Å². The average molecular weight is 473 g/mol. The SMILES string of the molecule is C=CCOc1ccc(Nc2cnc(OCCOCCOCC3CCCN(C(=O)O)C3)nc2)cc1. The molecule has 0 saturated carbocycles. The van der Waals surface area contributed by atoms with Crippen molar-refractivity contribution in [2.75, 3.05) is 58.0 Å². The molecule has 0 bridgehead atoms. The van der Waals surface area contributed by atoms with Crippen LogP contribution in [0, 0.1) is 5.92 Å². The third-order valence-electron chi connectivity index (χ3n) is 5.11. The van der Waals surface area contributed by atoms with Crippen molar-refractivity contribution in [2.45, 2.75) is 12.8 Å². The van der Waals surface area contributed by atoms with Gasteiger partial charge in [-0.05, 0) is 37.1 Å². The van der Waals surface area contributed by atoms with Crippen LogP contribution in [0.25, 0.3) is 0 Å². The summed E-state index contributed by atoms with van der Waals surface area (Å²) in [5.74, 6) is 1.02. The Labute approximate surface area is 199 Å². The van der Waals surface area contributed by atoms with Crippen LogP contribution in [0.15, 0.2) is 49.3 Å². The van der Waals surface area contributed by atoms with Gasteiger partial charge in [0.1, 0.15) is 19.0 Å². The first-order valence-electron chi connectivity index (χ1n) is 11.3. The molecule has 1 unspecified atom stereocenters. The predicted molar refractivity (Wildman–Crippen MR) is 127 cm³/mol. The van der Waals surface area contributed by atoms with E-state index in [-0.39, 0.29) is 11.9 Å². The summed E-state index contributed by atoms with van der Waals surface area (Å²) in [7, 11) is 0. The largest absolute Gasteiger partial charge is 0.490 e. The van der Waals surface area contributed by atoms with Gasteiger partial charge in [-0.3, -0.25) is 0 Å². The zero-order valence-electron chi connectivity index (χ0n) is 19.2. The van der Waals surface area contributed by atoms with E-state index >= 15 is 0 Å². The van der Waals surface area contributed by atoms with Crippen LogP contribution in [-0.4, -0.2) is 78.8 Å². The van der Waals surface area contributed by atoms with Gasteiger partial charge in [-0.15, -0.1) is 0 Å². The highest BCUT2D eigenvalue weighted by molar-refractivity contribution is 5.65. The number of aromatic nitrogens is 2. The number of ether oxygens (including phenoxy) is 4. The molecule has 0 spiro atoms. The quantitative estimate of drug-likeness (QED) is 0.314. The van der Waals surface area contributed by atoms with Crippen molar-refractivity contribution in [2.24, 2.45) is 5.92 Å². The van der Waals surface area contributed by atoms with Gasteiger partial charge >= 0.3 is 12.1 Å². The fourth-order valence-electron chi connectivity index (χ4n) is 3.45. The van der Waals surface area contributed by atoms with Crippen LogP contribution in [0.5, 0.6) is 11.8 Å². The molecule has 10 heteroatoms. The lowest BCUT2D eigenvalue weighted by Crippen LogP contribution is -2.40. The summed E-state index contributed by atoms with van der Waals surface area (Å²) < 4.78 is 22.1. The molecule has 1 fully saturated rings. The molecule has 1 aliphatic heterocycles. The third-order valence-corrected chi connectivity index (χ3v) is 5.11. The lowest BCUT2D eigenvalue weighted by molar-refractivity contribution is 0.0129. The number of hydrogen-bond acceptors (Lipinski definition) is 8. The van der Waals surface area contributed by atoms with Crippen molar-refractivity contribution in [3.8, 4) is 11.8 Å². The average Bonchev–Trinajstić information content (AvgIpc) is 2.86. The van der Waals surface area contributed by atoms with Gasteiger partial charge in [0.05, 0.1) is 44.5 Å². The fourth-order valence-corrected chi connectivity index (χ4v) is 3.45. The standard InChI is InChI=1S/C24H32N4O6/c1-2-10-33-22-7-5-20(6-8-22)27-21-15-25-23(26-16-21)34-14-13-31-11-12-32-18-19-4-3-9-28(17-19)24(29)30/h2,5-8,15-16,19,27H,1,3-4,9-14,17-18H2,(H,29,30). The van der Waals surface area contributed by atoms with Crippen molar-refractivity contribution >= 4 is 17.5 Å². The van der Waals surface area contributed by atoms with Crippen LogP contribution in [0.3, 0.4) is 0 Å². The molecule has 0 radical (unpaired) electrons. The maximum Gasteiger partial charge on any atom is 0.407 e. The molecule has 1 aliphatic rings. The molecule has 2 aromatic rings. The highest BCUT2D eigenvalue weighted by atomic mass is 16.5. The summed E-state index contributed by atoms with van der Waals surface area (Å²) in [6, 6.07) is 7.84. The highest BCUT2D eigenvalue weighted by Crippen LogP contribution is 2.20. The molecule has 34 heavy (non-hydrogen) atoms. The van der Waals surface area contributed by atoms with Crippen molar-refractivity contribution in [1.29, 1.82) is 0 Å². The van der Waals surface area contributed by atoms with Gasteiger partial charge in [-0.25, -0.2) is 14.8 Å². The molecule has 184 valence electrons. The number of piperidine rings is 1. The van der Waals surface area contributed by atoms with Crippen LogP contribution < -0.4 is 14.8 Å². The van der Waals surface area contributed by atoms with E-state index in [0.717, 1.165) is 30.0 Å². The van der Waals surface area contributed by atoms with E-state index in [0.29, 0.717) is 52.7 Å². The van der Waals surface area contributed by atoms with Gasteiger partial charge in [0.25, 0.3) is 0 Å². The number of amides is 1. The number of nitrogens with one attached hydrogen (secondary N) is 1. The number of hydrogen-bond donors (Lipinski definition) is 2. The van der Waals surface area contributed by atoms with Gasteiger partial charge in [0, 0.05) is 24.7 Å². The zero-order valence-corrected chi connectivity index (χ0v) is 19.2. The second kappa shape index (κ2) is 14.0. The van der Waals surface area contributed by atoms with E-state index in [4.69, 9.17) is 24.1 Å². The molecule has 1 atom stereocenters. The summed E-state index contributed by atoms with van der Waals surface area (Å²) in [5, 5.41) is 12.3. The number of carboxylic acid groups (broad SMARTS) is 1. The number of likely N-dealkylation sites (tertiary alicyclic amines) is 1. The summed E-state index contributed by atoms with van der Waals surface area (Å²) in [5.41, 5.74) is 1.63. The maximum atomic E-state index is 11.0. The Kier molecular flexibility index (Phi) is 10.4. The fraction of sp³-hybridized carbons (Fsp3) is 0.458. The first kappa shape index (κ1) is 25.3. The van der Waals surface area contributed by atoms with Gasteiger partial charge in [0.15, 0.2) is 0 Å². The molecular formula is C24H32N4O6. The molecule has 2 heterocycles. The van der Waals surface area contributed by atoms with E-state index in [1.807, 2.05) is 24.3 Å². The third kappa shape index (κ3) is 8.87. The van der Waals surface area contributed by atoms with Crippen LogP contribution in [0.4, 0.5) is 16.2 Å². The zero-order chi connectivity index (χ0) is 24.0. The number of rotatable bonds is 14. The second-order valence-corrected chi connectivity index (χ2v) is 7.78. The Morgan fingerprint density at radius 1 is 1.09 bits per heavy atom. The van der Waals surface area contributed by atoms with Crippen LogP contribution in [-0.2, 0) is 9.47 Å². The van der Waals surface area contributed by atoms with E-state index in [1.54, 1.807) is 18.5 Å². The first-order chi connectivity index (χ1) is 16.6. The molecule has 3 rings (SSSR count). The smallest absolute Gasteiger partial charge is 0.407 e. The Bertz CT molecular complexity index is 878. The summed E-state index contributed by atoms with van der Waals surface area (Å²) >= 11 is 0. The van der Waals surface area contributed by atoms with Gasteiger partial charge in [-0.2, -0.15) is 0 Å². The topological polar surface area (TPSA) is 115 Å². The Morgan fingerprint density at radius 3 is 2.56 bits per heavy atom. The van der Waals surface area contributed by atoms with Crippen molar-refractivity contribution in [3.63, 3.8) is 0 Å². The minimum atomic E-state index is -0.858. The van der Waals surface area contributed by atoms with Crippen molar-refractivity contribution < 1.29 is 28.8 Å². The molecule has 1 aromatic carbocycles. The monoisotopic (exact) mass is 472 g/mol. The lowest BCUT2D eigenvalue weighted by atomic mass is 9.99. The molecule has 1 saturated heterocycles. The van der Waals surface area contributed by atoms with Crippen LogP contribution in [0.2, 0.25) is 0 Å². The van der Waals surface area contributed by atoms with E-state index < -0.39 is 6.09 Å². The molecule has 1 amide bonds. The number of anilines is 2. The molecule has 1 aromatic heterocycles. The normalized spacial score (nSPS) is 15.5. The molecule has 2 N–H and O–H groups in total. The summed E-state index contributed by atoms with van der Waals surface area (Å²) in [6.07, 6.45) is 6.01. The Morgan fingerprint density at radius 2 is 1.82 bits per heavy atom. The highest BCUT2D eigenvalue weighted by Gasteiger charge is 2.23. The van der Waals surface area contributed by atoms with E-state index in [9.17, 15) is 4.79 Å². The number of carbonyl (C=O) groups is 1. The van der Waals surface area contributed by atoms with Gasteiger partial charge < -0.3 is 34.3 Å². The van der Waals surface area contributed by atoms with Crippen molar-refractivity contribution in [1.82, 2.24) is 14.9 Å². The maximum absolute atomic E-state index is 11.0. The van der Waals surface area contributed by atoms with Gasteiger partial charge in [-0.1, -0.05) is 12.7 Å². The molecular weight excluding hydrogens is 440 g/mol. The minimum Gasteiger partial charge on any atom is -0.490 e. The number of nitrogens with zero attached hydrogens (tertiary/aromatic N) is 3. The van der Waals surface area contributed by atoms with Gasteiger partial charge in [0.2, 0.25) is 0 Å². The second-order valence-electron chi connectivity index (χ2n) is 7.78. The minimum absolute atomic E-state index is 0.249.